The quantitative estimate of drug-likeness (QED) is 0.104. The fourth-order valence-corrected chi connectivity index (χ4v) is 15.5. The Morgan fingerprint density at radius 3 is 1.40 bits per heavy atom. The summed E-state index contributed by atoms with van der Waals surface area (Å²) in [6.45, 7) is 44.4. The van der Waals surface area contributed by atoms with Crippen LogP contribution in [0.15, 0.2) is 95.5 Å². The molecule has 10 heteroatoms. The van der Waals surface area contributed by atoms with Gasteiger partial charge in [0.25, 0.3) is 0 Å². The van der Waals surface area contributed by atoms with E-state index in [1.807, 2.05) is 18.2 Å². The molecule has 460 valence electrons. The van der Waals surface area contributed by atoms with E-state index in [2.05, 4.69) is 219 Å². The maximum atomic E-state index is 11.6. The summed E-state index contributed by atoms with van der Waals surface area (Å²) in [4.78, 5) is 11.6. The van der Waals surface area contributed by atoms with Gasteiger partial charge in [-0.25, -0.2) is 0 Å². The number of benzene rings is 5. The van der Waals surface area contributed by atoms with Gasteiger partial charge in [-0.1, -0.05) is 193 Å². The summed E-state index contributed by atoms with van der Waals surface area (Å²) in [5.74, 6) is 1.48. The van der Waals surface area contributed by atoms with Crippen molar-refractivity contribution < 1.29 is 33.0 Å². The topological polar surface area (TPSA) is 83.5 Å². The summed E-state index contributed by atoms with van der Waals surface area (Å²) < 4.78 is 31.5. The van der Waals surface area contributed by atoms with Crippen LogP contribution in [0.5, 0.6) is 11.5 Å². The lowest BCUT2D eigenvalue weighted by Gasteiger charge is -2.38. The van der Waals surface area contributed by atoms with E-state index >= 15 is 0 Å². The number of hydrogen-bond acceptors (Lipinski definition) is 7. The van der Waals surface area contributed by atoms with Gasteiger partial charge in [0.2, 0.25) is 0 Å². The summed E-state index contributed by atoms with van der Waals surface area (Å²) in [5, 5.41) is 10.4. The standard InChI is InChI=1S/C25H30O4.C20H34OSi.C15H23BrOSi.C14H20O/c1-25(2,3)14-16-6-5-7-21-19(16)10-11-22(21)29-18-8-9-20-17(12-24(26)27-4)15-28-23(20)13-18;1-19(2,3)14-15-10-9-11-17-16(15)12-13-18(17)21-22(7,8)20(4,5)6;1-15(2,3)18(4,5)17-14-10-9-11-12(14)7-6-8-13(11)16;1-14(2,3)9-10-5-4-6-12-11(10)7-8-13(12)15/h5-9,13,17,22H,10-12,14-15H2,1-4H3;9-11,18H,12-14H2,1-8H3;6-8,14H,9-10H2,1-5H3;4-6,13,15H,7-9H2,1-3H3/t17-,22-;18-;14-;13-/m1000/s1. The van der Waals surface area contributed by atoms with Gasteiger partial charge in [0.15, 0.2) is 16.6 Å². The molecule has 7 nitrogen and oxygen atoms in total. The van der Waals surface area contributed by atoms with E-state index in [-0.39, 0.29) is 39.6 Å². The third-order valence-corrected chi connectivity index (χ3v) is 28.3. The maximum Gasteiger partial charge on any atom is 0.306 e. The number of fused-ring (bicyclic) bond motifs is 5. The van der Waals surface area contributed by atoms with Crippen LogP contribution in [-0.2, 0) is 63.3 Å². The molecule has 0 bridgehead atoms. The van der Waals surface area contributed by atoms with Crippen LogP contribution in [0.25, 0.3) is 0 Å². The molecular weight excluding hydrogens is 1140 g/mol. The summed E-state index contributed by atoms with van der Waals surface area (Å²) >= 11 is 3.65. The number of aliphatic hydroxyl groups excluding tert-OH is 1. The van der Waals surface area contributed by atoms with Crippen LogP contribution in [-0.4, -0.2) is 41.4 Å². The molecule has 0 saturated carbocycles. The third-order valence-electron chi connectivity index (χ3n) is 18.6. The summed E-state index contributed by atoms with van der Waals surface area (Å²) in [7, 11) is -1.95. The van der Waals surface area contributed by atoms with Crippen molar-refractivity contribution in [1.82, 2.24) is 0 Å². The molecule has 4 aliphatic carbocycles. The normalized spacial score (nSPS) is 19.9. The highest BCUT2D eigenvalue weighted by atomic mass is 79.9. The average molecular weight is 1240 g/mol. The Balaban J connectivity index is 0.000000166. The first-order chi connectivity index (χ1) is 38.9. The number of halogens is 1. The van der Waals surface area contributed by atoms with Gasteiger partial charge in [-0.05, 0) is 196 Å². The van der Waals surface area contributed by atoms with E-state index in [1.165, 1.54) is 68.1 Å². The van der Waals surface area contributed by atoms with E-state index in [0.29, 0.717) is 36.1 Å². The lowest BCUT2D eigenvalue weighted by Crippen LogP contribution is -2.41. The Labute approximate surface area is 519 Å². The molecule has 0 aromatic heterocycles. The second-order valence-electron chi connectivity index (χ2n) is 31.5. The maximum absolute atomic E-state index is 11.6. The third kappa shape index (κ3) is 17.4. The minimum absolute atomic E-state index is 0.0543. The van der Waals surface area contributed by atoms with Crippen molar-refractivity contribution >= 4 is 38.5 Å². The molecule has 5 aromatic carbocycles. The van der Waals surface area contributed by atoms with Gasteiger partial charge >= 0.3 is 5.97 Å². The highest BCUT2D eigenvalue weighted by Gasteiger charge is 2.43. The number of rotatable bonds is 11. The minimum Gasteiger partial charge on any atom is -0.492 e. The molecule has 1 N–H and O–H groups in total. The van der Waals surface area contributed by atoms with Gasteiger partial charge < -0.3 is 28.2 Å². The largest absolute Gasteiger partial charge is 0.492 e. The average Bonchev–Trinajstić information content (AvgIpc) is 2.90. The molecule has 0 unspecified atom stereocenters. The van der Waals surface area contributed by atoms with Crippen LogP contribution < -0.4 is 9.47 Å². The number of carbonyl (C=O) groups is 1. The predicted molar refractivity (Wildman–Crippen MR) is 358 cm³/mol. The Bertz CT molecular complexity index is 3050. The molecule has 0 saturated heterocycles. The highest BCUT2D eigenvalue weighted by Crippen LogP contribution is 2.48. The van der Waals surface area contributed by atoms with E-state index in [0.717, 1.165) is 86.8 Å². The van der Waals surface area contributed by atoms with Gasteiger partial charge in [0.05, 0.1) is 38.4 Å². The number of esters is 1. The smallest absolute Gasteiger partial charge is 0.306 e. The van der Waals surface area contributed by atoms with E-state index in [4.69, 9.17) is 23.1 Å². The molecule has 5 aromatic rings. The summed E-state index contributed by atoms with van der Waals surface area (Å²) in [6.07, 6.45) is 12.8. The fraction of sp³-hybridized carbons (Fsp3) is 0.581. The second kappa shape index (κ2) is 26.7. The van der Waals surface area contributed by atoms with Gasteiger partial charge in [-0.2, -0.15) is 0 Å². The summed E-state index contributed by atoms with van der Waals surface area (Å²) in [5.41, 5.74) is 17.6. The van der Waals surface area contributed by atoms with E-state index < -0.39 is 16.6 Å². The number of methoxy groups -OCH3 is 1. The molecule has 1 heterocycles. The van der Waals surface area contributed by atoms with Crippen molar-refractivity contribution in [3.63, 3.8) is 0 Å². The SMILES string of the molecule is CC(C)(C)Cc1cccc2c1CC[C@@H]2O.CC(C)(C)Cc1cccc2c1CC[C@@H]2O[Si](C)(C)C(C)(C)C.CC(C)(C)[Si](C)(C)O[C@H]1CCc2c(Br)cccc21.COC(=O)C[C@@H]1COc2cc(O[C@@H]3CCc4c(CC(C)(C)C)cccc43)ccc21. The number of carbonyl (C=O) groups excluding carboxylic acids is 1. The Kier molecular flexibility index (Phi) is 21.5. The zero-order valence-corrected chi connectivity index (χ0v) is 59.1. The Morgan fingerprint density at radius 1 is 0.536 bits per heavy atom. The molecule has 10 rings (SSSR count). The van der Waals surface area contributed by atoms with Crippen LogP contribution in [0.1, 0.15) is 233 Å². The van der Waals surface area contributed by atoms with Crippen molar-refractivity contribution in [2.45, 2.75) is 248 Å². The van der Waals surface area contributed by atoms with E-state index in [1.54, 1.807) is 5.56 Å². The molecule has 1 aliphatic heterocycles. The predicted octanol–water partition coefficient (Wildman–Crippen LogP) is 20.4. The molecule has 84 heavy (non-hydrogen) atoms. The first-order valence-electron chi connectivity index (χ1n) is 31.6. The number of aliphatic hydroxyl groups is 1. The second-order valence-corrected chi connectivity index (χ2v) is 41.8. The van der Waals surface area contributed by atoms with Crippen molar-refractivity contribution in [2.24, 2.45) is 16.2 Å². The highest BCUT2D eigenvalue weighted by molar-refractivity contribution is 9.10. The van der Waals surface area contributed by atoms with Gasteiger partial charge in [-0.15, -0.1) is 0 Å². The minimum atomic E-state index is -1.70. The molecule has 0 radical (unpaired) electrons. The fourth-order valence-electron chi connectivity index (χ4n) is 12.3. The molecule has 5 aliphatic rings. The molecular formula is C74H107BrO7Si2. The van der Waals surface area contributed by atoms with Crippen molar-refractivity contribution in [3.05, 3.63) is 162 Å². The molecule has 0 amide bonds. The Morgan fingerprint density at radius 2 is 0.940 bits per heavy atom. The number of ether oxygens (including phenoxy) is 3. The van der Waals surface area contributed by atoms with Crippen LogP contribution in [0.2, 0.25) is 36.3 Å². The zero-order valence-electron chi connectivity index (χ0n) is 55.5. The lowest BCUT2D eigenvalue weighted by atomic mass is 9.85. The van der Waals surface area contributed by atoms with Crippen molar-refractivity contribution in [3.8, 4) is 11.5 Å². The molecule has 5 atom stereocenters. The van der Waals surface area contributed by atoms with Crippen molar-refractivity contribution in [1.29, 1.82) is 0 Å². The van der Waals surface area contributed by atoms with Gasteiger partial charge in [-0.3, -0.25) is 4.79 Å². The lowest BCUT2D eigenvalue weighted by molar-refractivity contribution is -0.141. The first-order valence-corrected chi connectivity index (χ1v) is 38.2. The van der Waals surface area contributed by atoms with E-state index in [9.17, 15) is 9.90 Å². The van der Waals surface area contributed by atoms with Crippen LogP contribution >= 0.6 is 15.9 Å². The Hall–Kier alpha value is -4.04. The van der Waals surface area contributed by atoms with Crippen molar-refractivity contribution in [2.75, 3.05) is 13.7 Å². The first kappa shape index (κ1) is 67.5. The zero-order chi connectivity index (χ0) is 62.0. The number of hydrogen-bond donors (Lipinski definition) is 1. The van der Waals surface area contributed by atoms with Crippen LogP contribution in [0.3, 0.4) is 0 Å². The monoisotopic (exact) mass is 1240 g/mol. The van der Waals surface area contributed by atoms with Crippen LogP contribution in [0, 0.1) is 16.2 Å². The van der Waals surface area contributed by atoms with Crippen LogP contribution in [0.4, 0.5) is 0 Å². The summed E-state index contributed by atoms with van der Waals surface area (Å²) in [6, 6.07) is 32.3. The molecule has 0 spiro atoms. The van der Waals surface area contributed by atoms with Gasteiger partial charge in [0.1, 0.15) is 17.6 Å². The molecule has 0 fully saturated rings. The van der Waals surface area contributed by atoms with Gasteiger partial charge in [0, 0.05) is 22.0 Å².